The summed E-state index contributed by atoms with van der Waals surface area (Å²) in [5.41, 5.74) is 5.14. The summed E-state index contributed by atoms with van der Waals surface area (Å²) in [7, 11) is -1.50. The van der Waals surface area contributed by atoms with E-state index in [1.807, 2.05) is 0 Å². The molecule has 0 fully saturated rings. The van der Waals surface area contributed by atoms with Crippen molar-refractivity contribution in [3.05, 3.63) is 0 Å². The molecule has 0 amide bonds. The topological polar surface area (TPSA) is 63.3 Å². The van der Waals surface area contributed by atoms with Crippen molar-refractivity contribution >= 4 is 8.69 Å². The van der Waals surface area contributed by atoms with E-state index in [1.54, 1.807) is 0 Å². The van der Waals surface area contributed by atoms with Crippen LogP contribution in [0, 0.1) is 0 Å². The van der Waals surface area contributed by atoms with Crippen molar-refractivity contribution in [2.24, 2.45) is 5.73 Å². The van der Waals surface area contributed by atoms with Crippen LogP contribution in [0.3, 0.4) is 0 Å². The van der Waals surface area contributed by atoms with E-state index in [-0.39, 0.29) is 0 Å². The van der Waals surface area contributed by atoms with E-state index < -0.39 is 8.69 Å². The molecule has 0 bridgehead atoms. The summed E-state index contributed by atoms with van der Waals surface area (Å²) in [6.07, 6.45) is 2.39. The summed E-state index contributed by atoms with van der Waals surface area (Å²) in [4.78, 5) is 7.10. The molecule has 0 aliphatic rings. The Labute approximate surface area is 51.2 Å². The molecule has 4 heteroatoms. The highest BCUT2D eigenvalue weighted by Gasteiger charge is 1.67. The zero-order valence-corrected chi connectivity index (χ0v) is 6.29. The molecule has 8 heavy (non-hydrogen) atoms. The fraction of sp³-hybridized carbons (Fsp3) is 1.00. The molecule has 3 nitrogen and oxygen atoms in total. The number of unbranched alkanes of at least 4 members (excludes halogenated alkanes) is 1. The maximum absolute atomic E-state index is 8.57. The lowest BCUT2D eigenvalue weighted by Crippen LogP contribution is -1.95. The van der Waals surface area contributed by atoms with Crippen LogP contribution < -0.4 is 5.73 Å². The second kappa shape index (κ2) is 15.7. The molecule has 3 N–H and O–H groups in total. The lowest BCUT2D eigenvalue weighted by atomic mass is 10.3. The van der Waals surface area contributed by atoms with Gasteiger partial charge in [-0.1, -0.05) is 13.3 Å². The largest absolute Gasteiger partial charge is 0.348 e. The van der Waals surface area contributed by atoms with Gasteiger partial charge in [-0.15, -0.1) is 0 Å². The molecule has 0 saturated heterocycles. The van der Waals surface area contributed by atoms with E-state index in [9.17, 15) is 0 Å². The van der Waals surface area contributed by atoms with Crippen LogP contribution >= 0.6 is 8.69 Å². The Hall–Kier alpha value is 0.150. The summed E-state index contributed by atoms with van der Waals surface area (Å²) in [5.74, 6) is 0. The van der Waals surface area contributed by atoms with Crippen molar-refractivity contribution in [1.29, 1.82) is 0 Å². The Balaban J connectivity index is 0. The van der Waals surface area contributed by atoms with Gasteiger partial charge < -0.3 is 10.6 Å². The minimum absolute atomic E-state index is 0.844. The first-order valence-corrected chi connectivity index (χ1v) is 3.60. The molecule has 0 aromatic carbocycles. The normalized spacial score (nSPS) is 8.88. The van der Waals surface area contributed by atoms with Crippen molar-refractivity contribution in [2.45, 2.75) is 19.8 Å². The molecule has 1 atom stereocenters. The molecular formula is C4H14NO2P. The van der Waals surface area contributed by atoms with E-state index in [4.69, 9.17) is 15.2 Å². The molecule has 1 unspecified atom stereocenters. The zero-order valence-electron chi connectivity index (χ0n) is 5.13. The average molecular weight is 139 g/mol. The van der Waals surface area contributed by atoms with Gasteiger partial charge in [0.25, 0.3) is 0 Å². The molecule has 0 saturated carbocycles. The molecule has 0 aromatic heterocycles. The average Bonchev–Trinajstić information content (AvgIpc) is 1.71. The predicted octanol–water partition coefficient (Wildman–Crippen LogP) is 0.395. The SMILES string of the molecule is CCCCN.O=[PH2]O. The van der Waals surface area contributed by atoms with Crippen LogP contribution in [-0.4, -0.2) is 11.4 Å². The summed E-state index contributed by atoms with van der Waals surface area (Å²) in [5, 5.41) is 0. The minimum Gasteiger partial charge on any atom is -0.348 e. The zero-order chi connectivity index (χ0) is 6.83. The quantitative estimate of drug-likeness (QED) is 0.544. The molecule has 0 aromatic rings. The van der Waals surface area contributed by atoms with Gasteiger partial charge in [0, 0.05) is 0 Å². The van der Waals surface area contributed by atoms with Crippen LogP contribution in [0.15, 0.2) is 0 Å². The van der Waals surface area contributed by atoms with Crippen molar-refractivity contribution in [3.63, 3.8) is 0 Å². The van der Waals surface area contributed by atoms with Gasteiger partial charge in [-0.25, -0.2) is 0 Å². The maximum Gasteiger partial charge on any atom is 0.177 e. The number of hydrogen-bond acceptors (Lipinski definition) is 2. The molecule has 0 aliphatic carbocycles. The van der Waals surface area contributed by atoms with Crippen LogP contribution in [0.2, 0.25) is 0 Å². The highest BCUT2D eigenvalue weighted by molar-refractivity contribution is 7.16. The smallest absolute Gasteiger partial charge is 0.177 e. The second-order valence-electron chi connectivity index (χ2n) is 1.25. The van der Waals surface area contributed by atoms with Crippen molar-refractivity contribution in [1.82, 2.24) is 0 Å². The van der Waals surface area contributed by atoms with Gasteiger partial charge in [0.15, 0.2) is 8.69 Å². The standard InChI is InChI=1S/C4H11N.H3O2P/c1-2-3-4-5;1-3-2/h2-5H2,1H3;3H2,(H,1,2). The van der Waals surface area contributed by atoms with Gasteiger partial charge in [0.05, 0.1) is 0 Å². The highest BCUT2D eigenvalue weighted by Crippen LogP contribution is 1.77. The fourth-order valence-electron chi connectivity index (χ4n) is 0.204. The van der Waals surface area contributed by atoms with Gasteiger partial charge in [0.1, 0.15) is 0 Å². The summed E-state index contributed by atoms with van der Waals surface area (Å²) >= 11 is 0. The molecule has 0 spiro atoms. The first-order valence-electron chi connectivity index (χ1n) is 2.61. The molecule has 0 radical (unpaired) electrons. The van der Waals surface area contributed by atoms with Gasteiger partial charge in [-0.3, -0.25) is 4.57 Å². The second-order valence-corrected chi connectivity index (χ2v) is 1.46. The lowest BCUT2D eigenvalue weighted by Gasteiger charge is -1.80. The van der Waals surface area contributed by atoms with Gasteiger partial charge >= 0.3 is 0 Å². The van der Waals surface area contributed by atoms with E-state index >= 15 is 0 Å². The number of rotatable bonds is 2. The van der Waals surface area contributed by atoms with Crippen LogP contribution in [0.5, 0.6) is 0 Å². The van der Waals surface area contributed by atoms with Gasteiger partial charge in [0.2, 0.25) is 0 Å². The Morgan fingerprint density at radius 1 is 1.75 bits per heavy atom. The third kappa shape index (κ3) is 35.3. The third-order valence-electron chi connectivity index (χ3n) is 0.558. The van der Waals surface area contributed by atoms with Crippen LogP contribution in [0.4, 0.5) is 0 Å². The van der Waals surface area contributed by atoms with Gasteiger partial charge in [-0.2, -0.15) is 0 Å². The molecular weight excluding hydrogens is 125 g/mol. The molecule has 0 heterocycles. The summed E-state index contributed by atoms with van der Waals surface area (Å²) in [6.45, 7) is 2.98. The Kier molecular flexibility index (Phi) is 21.6. The molecule has 52 valence electrons. The van der Waals surface area contributed by atoms with E-state index in [2.05, 4.69) is 6.92 Å². The monoisotopic (exact) mass is 139 g/mol. The first-order chi connectivity index (χ1) is 3.83. The fourth-order valence-corrected chi connectivity index (χ4v) is 0.204. The summed E-state index contributed by atoms with van der Waals surface area (Å²) < 4.78 is 8.57. The Morgan fingerprint density at radius 3 is 2.12 bits per heavy atom. The first kappa shape index (κ1) is 11.0. The van der Waals surface area contributed by atoms with Crippen molar-refractivity contribution < 1.29 is 9.46 Å². The third-order valence-corrected chi connectivity index (χ3v) is 0.558. The maximum atomic E-state index is 8.57. The van der Waals surface area contributed by atoms with E-state index in [0.29, 0.717) is 0 Å². The van der Waals surface area contributed by atoms with Crippen molar-refractivity contribution in [3.8, 4) is 0 Å². The number of hydrogen-bond donors (Lipinski definition) is 2. The van der Waals surface area contributed by atoms with Crippen LogP contribution in [0.1, 0.15) is 19.8 Å². The van der Waals surface area contributed by atoms with E-state index in [1.165, 1.54) is 12.8 Å². The minimum atomic E-state index is -1.50. The lowest BCUT2D eigenvalue weighted by molar-refractivity contribution is 0.524. The summed E-state index contributed by atoms with van der Waals surface area (Å²) in [6, 6.07) is 0. The van der Waals surface area contributed by atoms with Crippen LogP contribution in [-0.2, 0) is 4.57 Å². The molecule has 0 rings (SSSR count). The van der Waals surface area contributed by atoms with Crippen molar-refractivity contribution in [2.75, 3.05) is 6.54 Å². The molecule has 0 aliphatic heterocycles. The van der Waals surface area contributed by atoms with Gasteiger partial charge in [-0.05, 0) is 13.0 Å². The predicted molar refractivity (Wildman–Crippen MR) is 36.6 cm³/mol. The van der Waals surface area contributed by atoms with E-state index in [0.717, 1.165) is 6.54 Å². The number of nitrogens with two attached hydrogens (primary N) is 1. The Bertz CT molecular complexity index is 41.0. The highest BCUT2D eigenvalue weighted by atomic mass is 31.1. The Morgan fingerprint density at radius 2 is 2.12 bits per heavy atom. The van der Waals surface area contributed by atoms with Crippen LogP contribution in [0.25, 0.3) is 0 Å².